The van der Waals surface area contributed by atoms with E-state index in [1.54, 1.807) is 42.5 Å². The first-order valence-corrected chi connectivity index (χ1v) is 9.10. The SMILES string of the molecule is COc1ccc(C(C)=O)cc1CC(=O)Nc1ccc(N=Nc2ccccc2)cc1. The molecule has 0 spiro atoms. The summed E-state index contributed by atoms with van der Waals surface area (Å²) in [6, 6.07) is 21.6. The maximum absolute atomic E-state index is 12.4. The van der Waals surface area contributed by atoms with E-state index in [-0.39, 0.29) is 18.1 Å². The van der Waals surface area contributed by atoms with Crippen LogP contribution in [0.5, 0.6) is 5.75 Å². The lowest BCUT2D eigenvalue weighted by atomic mass is 10.0. The molecule has 0 fully saturated rings. The van der Waals surface area contributed by atoms with Crippen LogP contribution in [0, 0.1) is 0 Å². The van der Waals surface area contributed by atoms with Crippen molar-refractivity contribution in [2.45, 2.75) is 13.3 Å². The number of benzene rings is 3. The Morgan fingerprint density at radius 2 is 1.55 bits per heavy atom. The van der Waals surface area contributed by atoms with Gasteiger partial charge in [-0.1, -0.05) is 18.2 Å². The second kappa shape index (κ2) is 9.41. The van der Waals surface area contributed by atoms with Crippen LogP contribution >= 0.6 is 0 Å². The molecule has 146 valence electrons. The minimum Gasteiger partial charge on any atom is -0.496 e. The van der Waals surface area contributed by atoms with Crippen LogP contribution < -0.4 is 10.1 Å². The van der Waals surface area contributed by atoms with Gasteiger partial charge in [0.15, 0.2) is 5.78 Å². The number of ketones is 1. The zero-order chi connectivity index (χ0) is 20.6. The summed E-state index contributed by atoms with van der Waals surface area (Å²) in [6.07, 6.45) is 0.0970. The van der Waals surface area contributed by atoms with Gasteiger partial charge in [-0.05, 0) is 61.5 Å². The number of rotatable bonds is 7. The molecule has 0 heterocycles. The number of Topliss-reactive ketones (excluding diaryl/α,β-unsaturated/α-hetero) is 1. The highest BCUT2D eigenvalue weighted by molar-refractivity contribution is 5.96. The predicted octanol–water partition coefficient (Wildman–Crippen LogP) is 5.49. The summed E-state index contributed by atoms with van der Waals surface area (Å²) in [4.78, 5) is 24.0. The molecule has 0 saturated heterocycles. The Kier molecular flexibility index (Phi) is 6.47. The van der Waals surface area contributed by atoms with Crippen LogP contribution in [0.25, 0.3) is 0 Å². The van der Waals surface area contributed by atoms with Gasteiger partial charge in [-0.15, -0.1) is 0 Å². The number of amides is 1. The van der Waals surface area contributed by atoms with E-state index in [0.717, 1.165) is 5.69 Å². The Hall–Kier alpha value is -3.80. The number of carbonyl (C=O) groups excluding carboxylic acids is 2. The standard InChI is InChI=1S/C23H21N3O3/c1-16(27)17-8-13-22(29-2)18(14-17)15-23(28)24-19-9-11-21(12-10-19)26-25-20-6-4-3-5-7-20/h3-14H,15H2,1-2H3,(H,24,28). The van der Waals surface area contributed by atoms with Crippen molar-refractivity contribution in [2.75, 3.05) is 12.4 Å². The Morgan fingerprint density at radius 1 is 0.897 bits per heavy atom. The molecule has 0 bridgehead atoms. The van der Waals surface area contributed by atoms with E-state index in [0.29, 0.717) is 28.3 Å². The molecule has 0 aliphatic heterocycles. The molecule has 0 aromatic heterocycles. The van der Waals surface area contributed by atoms with Crippen LogP contribution in [0.1, 0.15) is 22.8 Å². The maximum atomic E-state index is 12.4. The second-order valence-electron chi connectivity index (χ2n) is 6.39. The predicted molar refractivity (Wildman–Crippen MR) is 112 cm³/mol. The fourth-order valence-corrected chi connectivity index (χ4v) is 2.74. The molecule has 3 rings (SSSR count). The summed E-state index contributed by atoms with van der Waals surface area (Å²) in [5, 5.41) is 11.2. The molecule has 1 amide bonds. The van der Waals surface area contributed by atoms with Gasteiger partial charge in [0, 0.05) is 16.8 Å². The van der Waals surface area contributed by atoms with Gasteiger partial charge in [0.25, 0.3) is 0 Å². The lowest BCUT2D eigenvalue weighted by Gasteiger charge is -2.10. The number of anilines is 1. The number of hydrogen-bond donors (Lipinski definition) is 1. The normalized spacial score (nSPS) is 10.7. The first kappa shape index (κ1) is 19.9. The van der Waals surface area contributed by atoms with E-state index in [4.69, 9.17) is 4.74 Å². The molecule has 0 aliphatic carbocycles. The van der Waals surface area contributed by atoms with E-state index < -0.39 is 0 Å². The van der Waals surface area contributed by atoms with Crippen molar-refractivity contribution < 1.29 is 14.3 Å². The van der Waals surface area contributed by atoms with Gasteiger partial charge in [-0.2, -0.15) is 10.2 Å². The van der Waals surface area contributed by atoms with Gasteiger partial charge >= 0.3 is 0 Å². The molecule has 0 unspecified atom stereocenters. The van der Waals surface area contributed by atoms with Crippen molar-refractivity contribution in [3.63, 3.8) is 0 Å². The van der Waals surface area contributed by atoms with Gasteiger partial charge in [0.2, 0.25) is 5.91 Å². The lowest BCUT2D eigenvalue weighted by molar-refractivity contribution is -0.115. The van der Waals surface area contributed by atoms with Gasteiger partial charge < -0.3 is 10.1 Å². The van der Waals surface area contributed by atoms with E-state index in [2.05, 4.69) is 15.5 Å². The number of carbonyl (C=O) groups is 2. The van der Waals surface area contributed by atoms with Gasteiger partial charge in [0.1, 0.15) is 5.75 Å². The quantitative estimate of drug-likeness (QED) is 0.430. The molecule has 3 aromatic carbocycles. The Morgan fingerprint density at radius 3 is 2.17 bits per heavy atom. The summed E-state index contributed by atoms with van der Waals surface area (Å²) >= 11 is 0. The first-order chi connectivity index (χ1) is 14.0. The van der Waals surface area contributed by atoms with Gasteiger partial charge in [-0.25, -0.2) is 0 Å². The monoisotopic (exact) mass is 387 g/mol. The van der Waals surface area contributed by atoms with Crippen LogP contribution in [-0.4, -0.2) is 18.8 Å². The molecular formula is C23H21N3O3. The number of methoxy groups -OCH3 is 1. The third-order valence-electron chi connectivity index (χ3n) is 4.23. The van der Waals surface area contributed by atoms with Crippen molar-refractivity contribution in [3.8, 4) is 5.75 Å². The fourth-order valence-electron chi connectivity index (χ4n) is 2.74. The van der Waals surface area contributed by atoms with Crippen molar-refractivity contribution >= 4 is 28.8 Å². The number of azo groups is 1. The molecule has 3 aromatic rings. The maximum Gasteiger partial charge on any atom is 0.228 e. The Labute approximate surface area is 169 Å². The number of ether oxygens (including phenoxy) is 1. The van der Waals surface area contributed by atoms with Crippen LogP contribution in [0.3, 0.4) is 0 Å². The Balaban J connectivity index is 1.65. The summed E-state index contributed by atoms with van der Waals surface area (Å²) in [7, 11) is 1.53. The van der Waals surface area contributed by atoms with E-state index in [9.17, 15) is 9.59 Å². The zero-order valence-corrected chi connectivity index (χ0v) is 16.3. The van der Waals surface area contributed by atoms with Crippen molar-refractivity contribution in [3.05, 3.63) is 83.9 Å². The van der Waals surface area contributed by atoms with Crippen molar-refractivity contribution in [2.24, 2.45) is 10.2 Å². The highest BCUT2D eigenvalue weighted by Crippen LogP contribution is 2.23. The third kappa shape index (κ3) is 5.59. The highest BCUT2D eigenvalue weighted by atomic mass is 16.5. The fraction of sp³-hybridized carbons (Fsp3) is 0.130. The summed E-state index contributed by atoms with van der Waals surface area (Å²) in [5.74, 6) is 0.305. The minimum atomic E-state index is -0.206. The third-order valence-corrected chi connectivity index (χ3v) is 4.23. The molecule has 0 saturated carbocycles. The molecule has 6 nitrogen and oxygen atoms in total. The molecule has 0 radical (unpaired) electrons. The van der Waals surface area contributed by atoms with E-state index in [1.807, 2.05) is 30.3 Å². The van der Waals surface area contributed by atoms with Gasteiger partial charge in [-0.3, -0.25) is 9.59 Å². The highest BCUT2D eigenvalue weighted by Gasteiger charge is 2.12. The topological polar surface area (TPSA) is 80.1 Å². The lowest BCUT2D eigenvalue weighted by Crippen LogP contribution is -2.15. The molecule has 1 N–H and O–H groups in total. The van der Waals surface area contributed by atoms with Crippen LogP contribution in [0.2, 0.25) is 0 Å². The summed E-state index contributed by atoms with van der Waals surface area (Å²) in [6.45, 7) is 1.49. The van der Waals surface area contributed by atoms with Crippen molar-refractivity contribution in [1.29, 1.82) is 0 Å². The van der Waals surface area contributed by atoms with Crippen LogP contribution in [-0.2, 0) is 11.2 Å². The second-order valence-corrected chi connectivity index (χ2v) is 6.39. The average Bonchev–Trinajstić information content (AvgIpc) is 2.74. The molecular weight excluding hydrogens is 366 g/mol. The smallest absolute Gasteiger partial charge is 0.228 e. The Bertz CT molecular complexity index is 1030. The zero-order valence-electron chi connectivity index (χ0n) is 16.3. The number of nitrogens with one attached hydrogen (secondary N) is 1. The average molecular weight is 387 g/mol. The van der Waals surface area contributed by atoms with Gasteiger partial charge in [0.05, 0.1) is 24.9 Å². The molecule has 6 heteroatoms. The van der Waals surface area contributed by atoms with E-state index in [1.165, 1.54) is 14.0 Å². The number of hydrogen-bond acceptors (Lipinski definition) is 5. The summed E-state index contributed by atoms with van der Waals surface area (Å²) in [5.41, 5.74) is 3.30. The largest absolute Gasteiger partial charge is 0.496 e. The summed E-state index contributed by atoms with van der Waals surface area (Å²) < 4.78 is 5.30. The molecule has 29 heavy (non-hydrogen) atoms. The molecule has 0 aliphatic rings. The van der Waals surface area contributed by atoms with Crippen molar-refractivity contribution in [1.82, 2.24) is 0 Å². The van der Waals surface area contributed by atoms with Crippen LogP contribution in [0.15, 0.2) is 83.0 Å². The number of nitrogens with zero attached hydrogens (tertiary/aromatic N) is 2. The van der Waals surface area contributed by atoms with E-state index >= 15 is 0 Å². The van der Waals surface area contributed by atoms with Crippen LogP contribution in [0.4, 0.5) is 17.1 Å². The molecule has 0 atom stereocenters. The minimum absolute atomic E-state index is 0.0606. The first-order valence-electron chi connectivity index (χ1n) is 9.10.